The molecule has 0 saturated heterocycles. The van der Waals surface area contributed by atoms with E-state index in [1.54, 1.807) is 11.8 Å². The van der Waals surface area contributed by atoms with Gasteiger partial charge in [-0.1, -0.05) is 0 Å². The smallest absolute Gasteiger partial charge is 0.256 e. The average molecular weight is 343 g/mol. The Bertz CT molecular complexity index is 641. The first-order valence-corrected chi connectivity index (χ1v) is 9.56. The van der Waals surface area contributed by atoms with E-state index >= 15 is 0 Å². The van der Waals surface area contributed by atoms with E-state index in [1.165, 1.54) is 23.3 Å². The summed E-state index contributed by atoms with van der Waals surface area (Å²) in [6, 6.07) is 0. The molecule has 114 valence electrons. The normalized spacial score (nSPS) is 10.9. The van der Waals surface area contributed by atoms with E-state index in [4.69, 9.17) is 0 Å². The van der Waals surface area contributed by atoms with Crippen molar-refractivity contribution in [2.75, 3.05) is 12.5 Å². The Kier molecular flexibility index (Phi) is 5.34. The second-order valence-corrected chi connectivity index (χ2v) is 7.16. The van der Waals surface area contributed by atoms with Crippen LogP contribution in [0.15, 0.2) is 9.24 Å². The van der Waals surface area contributed by atoms with Crippen molar-refractivity contribution in [3.05, 3.63) is 22.5 Å². The summed E-state index contributed by atoms with van der Waals surface area (Å²) < 4.78 is 7.12. The second-order valence-electron chi connectivity index (χ2n) is 4.51. The molecule has 0 aliphatic rings. The lowest BCUT2D eigenvalue weighted by atomic mass is 10.2. The van der Waals surface area contributed by atoms with E-state index in [9.17, 15) is 4.79 Å². The minimum Gasteiger partial charge on any atom is -0.348 e. The quantitative estimate of drug-likeness (QED) is 0.847. The molecule has 1 N–H and O–H groups in total. The molecule has 0 atom stereocenters. The van der Waals surface area contributed by atoms with Crippen LogP contribution in [0.3, 0.4) is 0 Å². The fourth-order valence-corrected chi connectivity index (χ4v) is 4.34. The van der Waals surface area contributed by atoms with Crippen molar-refractivity contribution < 1.29 is 4.79 Å². The SMILES string of the molecule is CSc1nsc(SC)c1C(=O)NCc1c(C)nn(C)c1C. The topological polar surface area (TPSA) is 59.8 Å². The number of nitrogens with zero attached hydrogens (tertiary/aromatic N) is 3. The third kappa shape index (κ3) is 3.27. The molecule has 8 heteroatoms. The molecule has 0 spiro atoms. The minimum absolute atomic E-state index is 0.0693. The predicted molar refractivity (Wildman–Crippen MR) is 89.5 cm³/mol. The first-order chi connectivity index (χ1) is 9.99. The molecule has 0 saturated carbocycles. The maximum absolute atomic E-state index is 12.5. The van der Waals surface area contributed by atoms with E-state index in [1.807, 2.05) is 38.1 Å². The van der Waals surface area contributed by atoms with Crippen molar-refractivity contribution in [2.45, 2.75) is 29.6 Å². The highest BCUT2D eigenvalue weighted by atomic mass is 32.2. The van der Waals surface area contributed by atoms with E-state index in [2.05, 4.69) is 14.8 Å². The summed E-state index contributed by atoms with van der Waals surface area (Å²) in [7, 11) is 1.91. The maximum atomic E-state index is 12.5. The molecule has 0 aromatic carbocycles. The number of nitrogens with one attached hydrogen (secondary N) is 1. The van der Waals surface area contributed by atoms with Crippen molar-refractivity contribution in [1.29, 1.82) is 0 Å². The Morgan fingerprint density at radius 1 is 1.33 bits per heavy atom. The van der Waals surface area contributed by atoms with Crippen molar-refractivity contribution in [2.24, 2.45) is 7.05 Å². The van der Waals surface area contributed by atoms with Crippen LogP contribution >= 0.6 is 35.1 Å². The number of aryl methyl sites for hydroxylation is 2. The van der Waals surface area contributed by atoms with Crippen LogP contribution < -0.4 is 5.32 Å². The first-order valence-electron chi connectivity index (χ1n) is 6.34. The van der Waals surface area contributed by atoms with E-state index < -0.39 is 0 Å². The van der Waals surface area contributed by atoms with Gasteiger partial charge in [0, 0.05) is 24.8 Å². The van der Waals surface area contributed by atoms with E-state index in [-0.39, 0.29) is 5.91 Å². The monoisotopic (exact) mass is 342 g/mol. The number of thioether (sulfide) groups is 2. The Morgan fingerprint density at radius 2 is 2.05 bits per heavy atom. The fraction of sp³-hybridized carbons (Fsp3) is 0.462. The average Bonchev–Trinajstić information content (AvgIpc) is 2.98. The molecular weight excluding hydrogens is 324 g/mol. The number of aromatic nitrogens is 3. The van der Waals surface area contributed by atoms with E-state index in [0.717, 1.165) is 26.2 Å². The number of amides is 1. The van der Waals surface area contributed by atoms with Gasteiger partial charge in [-0.25, -0.2) is 0 Å². The summed E-state index contributed by atoms with van der Waals surface area (Å²) in [5.41, 5.74) is 3.80. The molecule has 5 nitrogen and oxygen atoms in total. The molecule has 0 bridgehead atoms. The first kappa shape index (κ1) is 16.4. The summed E-state index contributed by atoms with van der Waals surface area (Å²) in [5.74, 6) is -0.0693. The highest BCUT2D eigenvalue weighted by Crippen LogP contribution is 2.32. The molecular formula is C13H18N4OS3. The number of rotatable bonds is 5. The molecule has 2 aromatic heterocycles. The zero-order valence-corrected chi connectivity index (χ0v) is 15.1. The Labute approximate surface area is 137 Å². The predicted octanol–water partition coefficient (Wildman–Crippen LogP) is 2.87. The Balaban J connectivity index is 2.17. The standard InChI is InChI=1S/C13H18N4OS3/c1-7-9(8(2)17(3)15-7)6-14-11(18)10-12(19-4)16-21-13(10)20-5/h6H2,1-5H3,(H,14,18). The Hall–Kier alpha value is -0.990. The molecule has 0 aliphatic carbocycles. The van der Waals surface area contributed by atoms with Gasteiger partial charge in [-0.05, 0) is 37.9 Å². The molecule has 2 rings (SSSR count). The minimum atomic E-state index is -0.0693. The lowest BCUT2D eigenvalue weighted by Gasteiger charge is -2.07. The van der Waals surface area contributed by atoms with Gasteiger partial charge in [-0.3, -0.25) is 9.48 Å². The summed E-state index contributed by atoms with van der Waals surface area (Å²) in [6.45, 7) is 4.46. The van der Waals surface area contributed by atoms with Crippen molar-refractivity contribution in [1.82, 2.24) is 19.5 Å². The van der Waals surface area contributed by atoms with Gasteiger partial charge < -0.3 is 5.32 Å². The summed E-state index contributed by atoms with van der Waals surface area (Å²) in [4.78, 5) is 12.5. The van der Waals surface area contributed by atoms with Gasteiger partial charge in [0.15, 0.2) is 0 Å². The van der Waals surface area contributed by atoms with Gasteiger partial charge in [0.05, 0.1) is 15.5 Å². The van der Waals surface area contributed by atoms with Crippen LogP contribution in [0.25, 0.3) is 0 Å². The van der Waals surface area contributed by atoms with Gasteiger partial charge >= 0.3 is 0 Å². The lowest BCUT2D eigenvalue weighted by Crippen LogP contribution is -2.24. The fourth-order valence-electron chi connectivity index (χ4n) is 2.06. The van der Waals surface area contributed by atoms with Gasteiger partial charge in [0.1, 0.15) is 5.03 Å². The third-order valence-electron chi connectivity index (χ3n) is 3.32. The van der Waals surface area contributed by atoms with Crippen molar-refractivity contribution in [3.8, 4) is 0 Å². The van der Waals surface area contributed by atoms with Crippen LogP contribution in [0.1, 0.15) is 27.3 Å². The van der Waals surface area contributed by atoms with Crippen LogP contribution in [-0.2, 0) is 13.6 Å². The highest BCUT2D eigenvalue weighted by molar-refractivity contribution is 8.01. The highest BCUT2D eigenvalue weighted by Gasteiger charge is 2.20. The summed E-state index contributed by atoms with van der Waals surface area (Å²) in [5, 5.41) is 8.15. The van der Waals surface area contributed by atoms with Gasteiger partial charge in [0.25, 0.3) is 5.91 Å². The molecule has 0 unspecified atom stereocenters. The number of hydrogen-bond acceptors (Lipinski definition) is 6. The molecule has 2 heterocycles. The van der Waals surface area contributed by atoms with Crippen LogP contribution in [0.2, 0.25) is 0 Å². The largest absolute Gasteiger partial charge is 0.348 e. The van der Waals surface area contributed by atoms with Crippen molar-refractivity contribution in [3.63, 3.8) is 0 Å². The summed E-state index contributed by atoms with van der Waals surface area (Å²) in [6.07, 6.45) is 3.90. The van der Waals surface area contributed by atoms with Crippen molar-refractivity contribution >= 4 is 41.0 Å². The number of carbonyl (C=O) groups excluding carboxylic acids is 1. The zero-order valence-electron chi connectivity index (χ0n) is 12.7. The molecule has 2 aromatic rings. The molecule has 0 fully saturated rings. The Morgan fingerprint density at radius 3 is 2.57 bits per heavy atom. The molecule has 0 radical (unpaired) electrons. The number of hydrogen-bond donors (Lipinski definition) is 1. The summed E-state index contributed by atoms with van der Waals surface area (Å²) >= 11 is 4.43. The second kappa shape index (κ2) is 6.85. The maximum Gasteiger partial charge on any atom is 0.256 e. The molecule has 1 amide bonds. The van der Waals surface area contributed by atoms with Crippen LogP contribution in [0, 0.1) is 13.8 Å². The van der Waals surface area contributed by atoms with Gasteiger partial charge in [0.2, 0.25) is 0 Å². The lowest BCUT2D eigenvalue weighted by molar-refractivity contribution is 0.0945. The van der Waals surface area contributed by atoms with E-state index in [0.29, 0.717) is 12.1 Å². The van der Waals surface area contributed by atoms with Gasteiger partial charge in [-0.15, -0.1) is 23.5 Å². The molecule has 0 aliphatic heterocycles. The van der Waals surface area contributed by atoms with Crippen LogP contribution in [0.4, 0.5) is 0 Å². The number of carbonyl (C=O) groups is 1. The zero-order chi connectivity index (χ0) is 15.6. The van der Waals surface area contributed by atoms with Crippen LogP contribution in [-0.4, -0.2) is 32.6 Å². The van der Waals surface area contributed by atoms with Crippen LogP contribution in [0.5, 0.6) is 0 Å². The third-order valence-corrected chi connectivity index (χ3v) is 6.06. The van der Waals surface area contributed by atoms with Gasteiger partial charge in [-0.2, -0.15) is 9.47 Å². The molecule has 21 heavy (non-hydrogen) atoms.